The minimum Gasteiger partial charge on any atom is -0.356 e. The second kappa shape index (κ2) is 7.24. The number of nitrogens with one attached hydrogen (secondary N) is 1. The Morgan fingerprint density at radius 1 is 1.65 bits per heavy atom. The fourth-order valence-corrected chi connectivity index (χ4v) is 1.34. The number of pyridine rings is 1. The molecule has 1 rings (SSSR count). The highest BCUT2D eigenvalue weighted by atomic mass is 16.1. The third-order valence-corrected chi connectivity index (χ3v) is 2.27. The van der Waals surface area contributed by atoms with E-state index in [2.05, 4.69) is 20.3 Å². The first-order chi connectivity index (χ1) is 8.24. The average Bonchev–Trinajstić information content (AvgIpc) is 2.32. The van der Waals surface area contributed by atoms with E-state index < -0.39 is 0 Å². The van der Waals surface area contributed by atoms with Gasteiger partial charge in [-0.2, -0.15) is 0 Å². The highest BCUT2D eigenvalue weighted by molar-refractivity contribution is 5.78. The van der Waals surface area contributed by atoms with Crippen LogP contribution in [0.3, 0.4) is 0 Å². The topological polar surface area (TPSA) is 90.8 Å². The summed E-state index contributed by atoms with van der Waals surface area (Å²) in [5.74, 6) is -0.0623. The second-order valence-electron chi connectivity index (χ2n) is 3.60. The fourth-order valence-electron chi connectivity index (χ4n) is 1.34. The summed E-state index contributed by atoms with van der Waals surface area (Å²) in [5, 5.41) is 6.14. The molecule has 0 saturated carbocycles. The largest absolute Gasteiger partial charge is 0.356 e. The van der Waals surface area contributed by atoms with Gasteiger partial charge in [-0.25, -0.2) is 0 Å². The van der Waals surface area contributed by atoms with Gasteiger partial charge in [-0.3, -0.25) is 9.78 Å². The Balaban J connectivity index is 2.30. The predicted molar refractivity (Wildman–Crippen MR) is 64.3 cm³/mol. The van der Waals surface area contributed by atoms with Crippen LogP contribution in [-0.2, 0) is 11.2 Å². The quantitative estimate of drug-likeness (QED) is 0.351. The number of nitrogens with zero attached hydrogens (tertiary/aromatic N) is 4. The summed E-state index contributed by atoms with van der Waals surface area (Å²) in [7, 11) is 0. The van der Waals surface area contributed by atoms with Crippen molar-refractivity contribution in [2.24, 2.45) is 5.11 Å². The van der Waals surface area contributed by atoms with Gasteiger partial charge in [0.25, 0.3) is 0 Å². The number of carbonyl (C=O) groups excluding carboxylic acids is 1. The zero-order valence-electron chi connectivity index (χ0n) is 9.76. The Morgan fingerprint density at radius 3 is 3.18 bits per heavy atom. The van der Waals surface area contributed by atoms with Crippen molar-refractivity contribution < 1.29 is 4.79 Å². The van der Waals surface area contributed by atoms with E-state index in [9.17, 15) is 4.79 Å². The maximum atomic E-state index is 11.5. The van der Waals surface area contributed by atoms with Gasteiger partial charge in [0.05, 0.1) is 12.1 Å². The minimum atomic E-state index is -0.0623. The maximum Gasteiger partial charge on any atom is 0.226 e. The van der Waals surface area contributed by atoms with Crippen LogP contribution in [0, 0.1) is 6.92 Å². The van der Waals surface area contributed by atoms with E-state index in [1.54, 1.807) is 6.20 Å². The van der Waals surface area contributed by atoms with Crippen LogP contribution in [0.5, 0.6) is 0 Å². The van der Waals surface area contributed by atoms with Crippen LogP contribution in [0.4, 0.5) is 0 Å². The van der Waals surface area contributed by atoms with Gasteiger partial charge in [0.2, 0.25) is 5.91 Å². The van der Waals surface area contributed by atoms with Crippen molar-refractivity contribution in [1.29, 1.82) is 0 Å². The predicted octanol–water partition coefficient (Wildman–Crippen LogP) is 1.75. The number of amides is 1. The van der Waals surface area contributed by atoms with Crippen LogP contribution in [-0.4, -0.2) is 24.0 Å². The zero-order valence-corrected chi connectivity index (χ0v) is 9.76. The molecule has 1 heterocycles. The van der Waals surface area contributed by atoms with Gasteiger partial charge in [0.15, 0.2) is 0 Å². The van der Waals surface area contributed by atoms with Crippen molar-refractivity contribution in [3.8, 4) is 0 Å². The van der Waals surface area contributed by atoms with Gasteiger partial charge in [0, 0.05) is 24.2 Å². The lowest BCUT2D eigenvalue weighted by atomic mass is 10.1. The normalized spacial score (nSPS) is 9.47. The van der Waals surface area contributed by atoms with Crippen LogP contribution < -0.4 is 5.32 Å². The molecule has 0 aliphatic carbocycles. The number of hydrogen-bond donors (Lipinski definition) is 1. The SMILES string of the molecule is Cc1cccnc1CC(=O)NCCCN=[N+]=[N-]. The summed E-state index contributed by atoms with van der Waals surface area (Å²) in [4.78, 5) is 18.3. The fraction of sp³-hybridized carbons (Fsp3) is 0.455. The molecule has 1 N–H and O–H groups in total. The Bertz CT molecular complexity index is 426. The summed E-state index contributed by atoms with van der Waals surface area (Å²) in [6.45, 7) is 2.85. The van der Waals surface area contributed by atoms with E-state index in [1.165, 1.54) is 0 Å². The summed E-state index contributed by atoms with van der Waals surface area (Å²) in [6.07, 6.45) is 2.61. The third-order valence-electron chi connectivity index (χ3n) is 2.27. The average molecular weight is 233 g/mol. The standard InChI is InChI=1S/C11H15N5O/c1-9-4-2-5-13-10(9)8-11(17)14-6-3-7-15-16-12/h2,4-5H,3,6-8H2,1H3,(H,14,17). The molecule has 0 atom stereocenters. The van der Waals surface area contributed by atoms with Crippen LogP contribution in [0.15, 0.2) is 23.4 Å². The molecule has 0 unspecified atom stereocenters. The Morgan fingerprint density at radius 2 is 2.47 bits per heavy atom. The first kappa shape index (κ1) is 13.0. The highest BCUT2D eigenvalue weighted by Crippen LogP contribution is 2.03. The molecule has 1 aromatic rings. The number of aryl methyl sites for hydroxylation is 1. The second-order valence-corrected chi connectivity index (χ2v) is 3.60. The molecule has 0 aliphatic rings. The van der Waals surface area contributed by atoms with Crippen molar-refractivity contribution >= 4 is 5.91 Å². The molecular weight excluding hydrogens is 218 g/mol. The van der Waals surface area contributed by atoms with Gasteiger partial charge in [-0.05, 0) is 30.5 Å². The zero-order chi connectivity index (χ0) is 12.5. The van der Waals surface area contributed by atoms with Crippen LogP contribution in [0.25, 0.3) is 10.4 Å². The van der Waals surface area contributed by atoms with Crippen LogP contribution in [0.2, 0.25) is 0 Å². The Hall–Kier alpha value is -2.07. The molecule has 17 heavy (non-hydrogen) atoms. The van der Waals surface area contributed by atoms with E-state index in [4.69, 9.17) is 5.53 Å². The molecule has 0 saturated heterocycles. The summed E-state index contributed by atoms with van der Waals surface area (Å²) in [5.41, 5.74) is 9.87. The van der Waals surface area contributed by atoms with Crippen molar-refractivity contribution in [3.05, 3.63) is 40.0 Å². The van der Waals surface area contributed by atoms with Crippen LogP contribution in [0.1, 0.15) is 17.7 Å². The van der Waals surface area contributed by atoms with Crippen molar-refractivity contribution in [2.45, 2.75) is 19.8 Å². The van der Waals surface area contributed by atoms with Gasteiger partial charge in [-0.1, -0.05) is 11.2 Å². The Labute approximate surface area is 99.7 Å². The molecule has 90 valence electrons. The highest BCUT2D eigenvalue weighted by Gasteiger charge is 2.05. The van der Waals surface area contributed by atoms with E-state index in [0.717, 1.165) is 11.3 Å². The lowest BCUT2D eigenvalue weighted by Gasteiger charge is -2.05. The van der Waals surface area contributed by atoms with Gasteiger partial charge in [0.1, 0.15) is 0 Å². The van der Waals surface area contributed by atoms with Gasteiger partial charge >= 0.3 is 0 Å². The number of rotatable bonds is 6. The monoisotopic (exact) mass is 233 g/mol. The summed E-state index contributed by atoms with van der Waals surface area (Å²) < 4.78 is 0. The first-order valence-electron chi connectivity index (χ1n) is 5.42. The first-order valence-corrected chi connectivity index (χ1v) is 5.42. The molecule has 1 amide bonds. The number of azide groups is 1. The van der Waals surface area contributed by atoms with Crippen molar-refractivity contribution in [3.63, 3.8) is 0 Å². The minimum absolute atomic E-state index is 0.0623. The lowest BCUT2D eigenvalue weighted by molar-refractivity contribution is -0.120. The number of hydrogen-bond acceptors (Lipinski definition) is 3. The van der Waals surface area contributed by atoms with Crippen molar-refractivity contribution in [1.82, 2.24) is 10.3 Å². The molecule has 0 aliphatic heterocycles. The molecule has 6 nitrogen and oxygen atoms in total. The maximum absolute atomic E-state index is 11.5. The van der Waals surface area contributed by atoms with Crippen molar-refractivity contribution in [2.75, 3.05) is 13.1 Å². The molecular formula is C11H15N5O. The Kier molecular flexibility index (Phi) is 5.54. The van der Waals surface area contributed by atoms with E-state index in [-0.39, 0.29) is 12.3 Å². The molecule has 0 bridgehead atoms. The van der Waals surface area contributed by atoms with E-state index in [0.29, 0.717) is 19.5 Å². The van der Waals surface area contributed by atoms with E-state index >= 15 is 0 Å². The third kappa shape index (κ3) is 4.99. The van der Waals surface area contributed by atoms with Gasteiger partial charge in [-0.15, -0.1) is 0 Å². The smallest absolute Gasteiger partial charge is 0.226 e. The molecule has 0 spiro atoms. The summed E-state index contributed by atoms with van der Waals surface area (Å²) in [6, 6.07) is 3.77. The number of carbonyl (C=O) groups is 1. The number of aromatic nitrogens is 1. The molecule has 0 radical (unpaired) electrons. The lowest BCUT2D eigenvalue weighted by Crippen LogP contribution is -2.27. The molecule has 0 fully saturated rings. The molecule has 1 aromatic heterocycles. The summed E-state index contributed by atoms with van der Waals surface area (Å²) >= 11 is 0. The van der Waals surface area contributed by atoms with Gasteiger partial charge < -0.3 is 5.32 Å². The van der Waals surface area contributed by atoms with E-state index in [1.807, 2.05) is 19.1 Å². The molecule has 0 aromatic carbocycles. The molecule has 6 heteroatoms. The van der Waals surface area contributed by atoms with Crippen LogP contribution >= 0.6 is 0 Å².